The van der Waals surface area contributed by atoms with Crippen LogP contribution in [0, 0.1) is 0 Å². The second-order valence-corrected chi connectivity index (χ2v) is 9.72. The van der Waals surface area contributed by atoms with Gasteiger partial charge in [0.1, 0.15) is 18.0 Å². The molecule has 0 spiro atoms. The first kappa shape index (κ1) is 25.5. The summed E-state index contributed by atoms with van der Waals surface area (Å²) in [7, 11) is 0. The number of carbonyl (C=O) groups is 3. The van der Waals surface area contributed by atoms with Crippen molar-refractivity contribution in [3.8, 4) is 5.75 Å². The fourth-order valence-corrected chi connectivity index (χ4v) is 4.15. The van der Waals surface area contributed by atoms with Crippen molar-refractivity contribution in [3.05, 3.63) is 59.7 Å². The van der Waals surface area contributed by atoms with E-state index in [9.17, 15) is 14.4 Å². The van der Waals surface area contributed by atoms with Gasteiger partial charge in [0.2, 0.25) is 0 Å². The lowest BCUT2D eigenvalue weighted by molar-refractivity contribution is 0.0240. The lowest BCUT2D eigenvalue weighted by Gasteiger charge is -2.36. The SMILES string of the molecule is CC(C)(C)OC(=O)N1CCN(c2ccc(OCCOCCN3C(=O)c4ccccc4C3=O)cc2)CC1. The van der Waals surface area contributed by atoms with E-state index in [0.29, 0.717) is 37.4 Å². The van der Waals surface area contributed by atoms with Crippen LogP contribution in [0.3, 0.4) is 0 Å². The molecular weight excluding hydrogens is 462 g/mol. The van der Waals surface area contributed by atoms with Crippen molar-refractivity contribution in [2.45, 2.75) is 26.4 Å². The number of benzene rings is 2. The largest absolute Gasteiger partial charge is 0.491 e. The first-order valence-corrected chi connectivity index (χ1v) is 12.2. The first-order chi connectivity index (χ1) is 17.2. The van der Waals surface area contributed by atoms with E-state index in [1.807, 2.05) is 45.0 Å². The highest BCUT2D eigenvalue weighted by Crippen LogP contribution is 2.23. The molecule has 4 rings (SSSR count). The van der Waals surface area contributed by atoms with Gasteiger partial charge >= 0.3 is 6.09 Å². The molecule has 36 heavy (non-hydrogen) atoms. The van der Waals surface area contributed by atoms with E-state index in [0.717, 1.165) is 24.5 Å². The number of hydrogen-bond donors (Lipinski definition) is 0. The molecule has 0 atom stereocenters. The van der Waals surface area contributed by atoms with Crippen LogP contribution in [0.4, 0.5) is 10.5 Å². The molecule has 0 N–H and O–H groups in total. The Labute approximate surface area is 211 Å². The predicted molar refractivity (Wildman–Crippen MR) is 135 cm³/mol. The van der Waals surface area contributed by atoms with Crippen molar-refractivity contribution >= 4 is 23.6 Å². The summed E-state index contributed by atoms with van der Waals surface area (Å²) in [6.45, 7) is 9.48. The summed E-state index contributed by atoms with van der Waals surface area (Å²) in [5, 5.41) is 0. The third kappa shape index (κ3) is 6.15. The summed E-state index contributed by atoms with van der Waals surface area (Å²) in [6, 6.07) is 14.7. The van der Waals surface area contributed by atoms with Crippen LogP contribution in [-0.2, 0) is 9.47 Å². The van der Waals surface area contributed by atoms with Crippen LogP contribution in [0.15, 0.2) is 48.5 Å². The molecule has 1 saturated heterocycles. The number of amides is 3. The maximum absolute atomic E-state index is 12.3. The number of rotatable bonds is 8. The van der Waals surface area contributed by atoms with Crippen molar-refractivity contribution in [1.29, 1.82) is 0 Å². The molecule has 0 unspecified atom stereocenters. The number of hydrogen-bond acceptors (Lipinski definition) is 7. The summed E-state index contributed by atoms with van der Waals surface area (Å²) in [4.78, 5) is 42.1. The number of fused-ring (bicyclic) bond motifs is 1. The van der Waals surface area contributed by atoms with Gasteiger partial charge in [-0.25, -0.2) is 4.79 Å². The van der Waals surface area contributed by atoms with E-state index < -0.39 is 5.60 Å². The Hall–Kier alpha value is -3.59. The molecule has 9 nitrogen and oxygen atoms in total. The van der Waals surface area contributed by atoms with Gasteiger partial charge in [0, 0.05) is 31.9 Å². The second-order valence-electron chi connectivity index (χ2n) is 9.72. The van der Waals surface area contributed by atoms with Gasteiger partial charge in [-0.15, -0.1) is 0 Å². The highest BCUT2D eigenvalue weighted by molar-refractivity contribution is 6.21. The molecule has 2 aromatic carbocycles. The van der Waals surface area contributed by atoms with E-state index in [1.165, 1.54) is 4.90 Å². The average Bonchev–Trinajstić information content (AvgIpc) is 3.10. The van der Waals surface area contributed by atoms with Crippen LogP contribution in [0.25, 0.3) is 0 Å². The van der Waals surface area contributed by atoms with Gasteiger partial charge in [-0.2, -0.15) is 0 Å². The summed E-state index contributed by atoms with van der Waals surface area (Å²) >= 11 is 0. The monoisotopic (exact) mass is 495 g/mol. The van der Waals surface area contributed by atoms with Crippen molar-refractivity contribution in [2.75, 3.05) is 57.4 Å². The minimum atomic E-state index is -0.492. The van der Waals surface area contributed by atoms with Crippen molar-refractivity contribution < 1.29 is 28.6 Å². The highest BCUT2D eigenvalue weighted by Gasteiger charge is 2.34. The Balaban J connectivity index is 1.13. The highest BCUT2D eigenvalue weighted by atomic mass is 16.6. The molecule has 1 fully saturated rings. The van der Waals surface area contributed by atoms with Crippen molar-refractivity contribution in [1.82, 2.24) is 9.80 Å². The normalized spacial score (nSPS) is 15.8. The number of ether oxygens (including phenoxy) is 3. The van der Waals surface area contributed by atoms with Crippen LogP contribution in [0.5, 0.6) is 5.75 Å². The van der Waals surface area contributed by atoms with Crippen LogP contribution in [-0.4, -0.2) is 85.9 Å². The molecule has 2 aromatic rings. The number of nitrogens with zero attached hydrogens (tertiary/aromatic N) is 3. The summed E-state index contributed by atoms with van der Waals surface area (Å²) < 4.78 is 16.8. The van der Waals surface area contributed by atoms with E-state index >= 15 is 0 Å². The standard InChI is InChI=1S/C27H33N3O6/c1-27(2,3)36-26(33)29-14-12-28(13-15-29)20-8-10-21(11-9-20)35-19-18-34-17-16-30-24(31)22-6-4-5-7-23(22)25(30)32/h4-11H,12-19H2,1-3H3. The molecule has 0 aliphatic carbocycles. The smallest absolute Gasteiger partial charge is 0.410 e. The Morgan fingerprint density at radius 3 is 2.03 bits per heavy atom. The van der Waals surface area contributed by atoms with Gasteiger partial charge in [0.05, 0.1) is 30.9 Å². The minimum absolute atomic E-state index is 0.211. The summed E-state index contributed by atoms with van der Waals surface area (Å²) in [6.07, 6.45) is -0.267. The maximum Gasteiger partial charge on any atom is 0.410 e. The van der Waals surface area contributed by atoms with Crippen molar-refractivity contribution in [2.24, 2.45) is 0 Å². The molecule has 0 aromatic heterocycles. The topological polar surface area (TPSA) is 88.6 Å². The van der Waals surface area contributed by atoms with Crippen LogP contribution in [0.2, 0.25) is 0 Å². The Bertz CT molecular complexity index is 1050. The molecule has 9 heteroatoms. The van der Waals surface area contributed by atoms with E-state index in [1.54, 1.807) is 29.2 Å². The Morgan fingerprint density at radius 1 is 0.833 bits per heavy atom. The molecule has 192 valence electrons. The predicted octanol–water partition coefficient (Wildman–Crippen LogP) is 3.44. The number of carbonyl (C=O) groups excluding carboxylic acids is 3. The van der Waals surface area contributed by atoms with E-state index in [-0.39, 0.29) is 31.1 Å². The molecule has 2 aliphatic rings. The zero-order chi connectivity index (χ0) is 25.7. The van der Waals surface area contributed by atoms with Gasteiger partial charge in [0.25, 0.3) is 11.8 Å². The van der Waals surface area contributed by atoms with E-state index in [4.69, 9.17) is 14.2 Å². The van der Waals surface area contributed by atoms with Gasteiger partial charge in [-0.1, -0.05) is 12.1 Å². The number of anilines is 1. The van der Waals surface area contributed by atoms with Crippen LogP contribution < -0.4 is 9.64 Å². The molecule has 3 amide bonds. The number of imide groups is 1. The fraction of sp³-hybridized carbons (Fsp3) is 0.444. The molecular formula is C27H33N3O6. The molecule has 0 bridgehead atoms. The third-order valence-corrected chi connectivity index (χ3v) is 5.97. The quantitative estimate of drug-likeness (QED) is 0.409. The second kappa shape index (κ2) is 11.0. The van der Waals surface area contributed by atoms with Gasteiger partial charge in [0.15, 0.2) is 0 Å². The third-order valence-electron chi connectivity index (χ3n) is 5.97. The summed E-state index contributed by atoms with van der Waals surface area (Å²) in [5.74, 6) is 0.179. The Kier molecular flexibility index (Phi) is 7.79. The molecule has 2 heterocycles. The lowest BCUT2D eigenvalue weighted by Crippen LogP contribution is -2.50. The van der Waals surface area contributed by atoms with Crippen LogP contribution >= 0.6 is 0 Å². The molecule has 0 radical (unpaired) electrons. The minimum Gasteiger partial charge on any atom is -0.491 e. The molecule has 2 aliphatic heterocycles. The maximum atomic E-state index is 12.3. The Morgan fingerprint density at radius 2 is 1.44 bits per heavy atom. The lowest BCUT2D eigenvalue weighted by atomic mass is 10.1. The zero-order valence-corrected chi connectivity index (χ0v) is 21.1. The number of piperazine rings is 1. The van der Waals surface area contributed by atoms with E-state index in [2.05, 4.69) is 4.90 Å². The van der Waals surface area contributed by atoms with Crippen molar-refractivity contribution in [3.63, 3.8) is 0 Å². The fourth-order valence-electron chi connectivity index (χ4n) is 4.15. The molecule has 0 saturated carbocycles. The van der Waals surface area contributed by atoms with Crippen LogP contribution in [0.1, 0.15) is 41.5 Å². The first-order valence-electron chi connectivity index (χ1n) is 12.2. The summed E-state index contributed by atoms with van der Waals surface area (Å²) in [5.41, 5.74) is 1.47. The van der Waals surface area contributed by atoms with Gasteiger partial charge in [-0.05, 0) is 57.2 Å². The average molecular weight is 496 g/mol. The van der Waals surface area contributed by atoms with Gasteiger partial charge < -0.3 is 24.0 Å². The zero-order valence-electron chi connectivity index (χ0n) is 21.1. The van der Waals surface area contributed by atoms with Gasteiger partial charge in [-0.3, -0.25) is 14.5 Å².